The summed E-state index contributed by atoms with van der Waals surface area (Å²) in [4.78, 5) is 9.29. The molecule has 0 saturated heterocycles. The highest BCUT2D eigenvalue weighted by Crippen LogP contribution is 2.43. The Kier molecular flexibility index (Phi) is 4.68. The predicted octanol–water partition coefficient (Wildman–Crippen LogP) is 8.43. The molecule has 0 bridgehead atoms. The van der Waals surface area contributed by atoms with Gasteiger partial charge in [0, 0.05) is 34.9 Å². The van der Waals surface area contributed by atoms with E-state index >= 15 is 0 Å². The lowest BCUT2D eigenvalue weighted by atomic mass is 9.87. The molecule has 0 amide bonds. The van der Waals surface area contributed by atoms with Crippen LogP contribution in [0.3, 0.4) is 0 Å². The maximum absolute atomic E-state index is 5.41. The quantitative estimate of drug-likeness (QED) is 0.195. The molecule has 0 aliphatic carbocycles. The van der Waals surface area contributed by atoms with Crippen LogP contribution in [-0.2, 0) is 0 Å². The number of benzene rings is 5. The van der Waals surface area contributed by atoms with Crippen molar-refractivity contribution in [3.63, 3.8) is 0 Å². The fourth-order valence-electron chi connectivity index (χ4n) is 5.41. The van der Waals surface area contributed by atoms with Crippen molar-refractivity contribution in [3.8, 4) is 28.1 Å². The van der Waals surface area contributed by atoms with E-state index in [0.29, 0.717) is 0 Å². The van der Waals surface area contributed by atoms with E-state index in [4.69, 9.17) is 9.72 Å². The molecule has 3 heteroatoms. The minimum Gasteiger partial charge on any atom is -0.497 e. The molecule has 0 atom stereocenters. The van der Waals surface area contributed by atoms with Crippen LogP contribution in [0.5, 0.6) is 5.75 Å². The molecule has 36 heavy (non-hydrogen) atoms. The van der Waals surface area contributed by atoms with Crippen molar-refractivity contribution in [3.05, 3.63) is 116 Å². The Hall–Kier alpha value is -4.76. The Labute approximate surface area is 208 Å². The molecule has 0 spiro atoms. The maximum atomic E-state index is 5.41. The molecule has 0 aliphatic rings. The van der Waals surface area contributed by atoms with Gasteiger partial charge >= 0.3 is 0 Å². The second-order valence-electron chi connectivity index (χ2n) is 9.02. The Bertz CT molecular complexity index is 1870. The van der Waals surface area contributed by atoms with Crippen molar-refractivity contribution >= 4 is 43.1 Å². The van der Waals surface area contributed by atoms with Crippen molar-refractivity contribution in [2.24, 2.45) is 0 Å². The van der Waals surface area contributed by atoms with E-state index in [-0.39, 0.29) is 0 Å². The summed E-state index contributed by atoms with van der Waals surface area (Å²) in [5.74, 6) is 0.853. The largest absolute Gasteiger partial charge is 0.497 e. The highest BCUT2D eigenvalue weighted by atomic mass is 16.5. The van der Waals surface area contributed by atoms with Crippen LogP contribution in [0.4, 0.5) is 0 Å². The highest BCUT2D eigenvalue weighted by Gasteiger charge is 2.17. The van der Waals surface area contributed by atoms with Gasteiger partial charge in [0.2, 0.25) is 0 Å². The third-order valence-electron chi connectivity index (χ3n) is 7.09. The minimum absolute atomic E-state index is 0.853. The molecule has 0 unspecified atom stereocenters. The van der Waals surface area contributed by atoms with Gasteiger partial charge in [-0.25, -0.2) is 0 Å². The molecule has 0 saturated carbocycles. The number of hydrogen-bond donors (Lipinski definition) is 0. The van der Waals surface area contributed by atoms with Crippen molar-refractivity contribution in [2.75, 3.05) is 7.11 Å². The highest BCUT2D eigenvalue weighted by molar-refractivity contribution is 6.21. The topological polar surface area (TPSA) is 35.0 Å². The van der Waals surface area contributed by atoms with E-state index in [1.165, 1.54) is 43.4 Å². The third-order valence-corrected chi connectivity index (χ3v) is 7.09. The van der Waals surface area contributed by atoms with Gasteiger partial charge in [0.1, 0.15) is 5.75 Å². The van der Waals surface area contributed by atoms with Gasteiger partial charge in [0.05, 0.1) is 12.8 Å². The average molecular weight is 463 g/mol. The van der Waals surface area contributed by atoms with E-state index in [1.54, 1.807) is 7.11 Å². The van der Waals surface area contributed by atoms with Crippen LogP contribution in [0.1, 0.15) is 0 Å². The number of nitrogens with zero attached hydrogens (tertiary/aromatic N) is 2. The Morgan fingerprint density at radius 2 is 1.17 bits per heavy atom. The summed E-state index contributed by atoms with van der Waals surface area (Å²) in [6.07, 6.45) is 5.77. The second kappa shape index (κ2) is 8.17. The van der Waals surface area contributed by atoms with E-state index in [0.717, 1.165) is 27.8 Å². The number of pyridine rings is 2. The number of ether oxygens (including phenoxy) is 1. The fraction of sp³-hybridized carbons (Fsp3) is 0.0303. The molecule has 7 aromatic rings. The van der Waals surface area contributed by atoms with Gasteiger partial charge < -0.3 is 4.74 Å². The van der Waals surface area contributed by atoms with Crippen molar-refractivity contribution < 1.29 is 4.74 Å². The van der Waals surface area contributed by atoms with Crippen LogP contribution in [-0.4, -0.2) is 17.1 Å². The number of rotatable bonds is 3. The van der Waals surface area contributed by atoms with Crippen molar-refractivity contribution in [1.29, 1.82) is 0 Å². The zero-order valence-electron chi connectivity index (χ0n) is 19.8. The minimum atomic E-state index is 0.853. The standard InChI is InChI=1S/C33H22N2O/c1-36-24-14-12-21(13-15-24)32-26-6-2-4-8-28(26)33(29-9-5-3-7-27(29)32)31-18-30-23(20-35-31)11-10-22-19-34-17-16-25(22)30/h2-20H,1H3. The second-order valence-corrected chi connectivity index (χ2v) is 9.02. The van der Waals surface area contributed by atoms with E-state index in [2.05, 4.69) is 89.9 Å². The van der Waals surface area contributed by atoms with Gasteiger partial charge in [-0.1, -0.05) is 72.8 Å². The first-order chi connectivity index (χ1) is 17.8. The van der Waals surface area contributed by atoms with Gasteiger partial charge in [-0.3, -0.25) is 9.97 Å². The Morgan fingerprint density at radius 3 is 1.81 bits per heavy atom. The summed E-state index contributed by atoms with van der Waals surface area (Å²) in [5, 5.41) is 9.43. The predicted molar refractivity (Wildman–Crippen MR) is 149 cm³/mol. The van der Waals surface area contributed by atoms with Crippen LogP contribution >= 0.6 is 0 Å². The Balaban J connectivity index is 1.59. The smallest absolute Gasteiger partial charge is 0.118 e. The van der Waals surface area contributed by atoms with Crippen LogP contribution < -0.4 is 4.74 Å². The number of hydrogen-bond acceptors (Lipinski definition) is 3. The molecule has 0 aliphatic heterocycles. The molecule has 2 aromatic heterocycles. The van der Waals surface area contributed by atoms with Crippen LogP contribution in [0.15, 0.2) is 116 Å². The monoisotopic (exact) mass is 462 g/mol. The summed E-state index contributed by atoms with van der Waals surface area (Å²) >= 11 is 0. The maximum Gasteiger partial charge on any atom is 0.118 e. The molecule has 0 fully saturated rings. The first-order valence-corrected chi connectivity index (χ1v) is 12.0. The lowest BCUT2D eigenvalue weighted by Gasteiger charge is -2.17. The van der Waals surface area contributed by atoms with Crippen molar-refractivity contribution in [2.45, 2.75) is 0 Å². The molecule has 5 aromatic carbocycles. The van der Waals surface area contributed by atoms with Crippen LogP contribution in [0.25, 0.3) is 65.5 Å². The van der Waals surface area contributed by atoms with Gasteiger partial charge in [0.25, 0.3) is 0 Å². The summed E-state index contributed by atoms with van der Waals surface area (Å²) in [6, 6.07) is 34.2. The van der Waals surface area contributed by atoms with Gasteiger partial charge in [-0.2, -0.15) is 0 Å². The van der Waals surface area contributed by atoms with Gasteiger partial charge in [-0.05, 0) is 67.7 Å². The summed E-state index contributed by atoms with van der Waals surface area (Å²) in [5.41, 5.74) is 4.52. The molecule has 7 rings (SSSR count). The summed E-state index contributed by atoms with van der Waals surface area (Å²) < 4.78 is 5.41. The molecular formula is C33H22N2O. The average Bonchev–Trinajstić information content (AvgIpc) is 2.95. The summed E-state index contributed by atoms with van der Waals surface area (Å²) in [7, 11) is 1.70. The van der Waals surface area contributed by atoms with Crippen molar-refractivity contribution in [1.82, 2.24) is 9.97 Å². The molecule has 0 radical (unpaired) electrons. The lowest BCUT2D eigenvalue weighted by Crippen LogP contribution is -1.93. The number of aromatic nitrogens is 2. The molecule has 0 N–H and O–H groups in total. The normalized spacial score (nSPS) is 11.5. The number of fused-ring (bicyclic) bond motifs is 5. The summed E-state index contributed by atoms with van der Waals surface area (Å²) in [6.45, 7) is 0. The van der Waals surface area contributed by atoms with E-state index in [1.807, 2.05) is 30.7 Å². The fourth-order valence-corrected chi connectivity index (χ4v) is 5.41. The third kappa shape index (κ3) is 3.14. The SMILES string of the molecule is COc1ccc(-c2c3ccccc3c(-c3cc4c(ccc5cnccc54)cn3)c3ccccc23)cc1. The first kappa shape index (κ1) is 20.6. The Morgan fingerprint density at radius 1 is 0.556 bits per heavy atom. The molecule has 170 valence electrons. The van der Waals surface area contributed by atoms with E-state index < -0.39 is 0 Å². The zero-order valence-corrected chi connectivity index (χ0v) is 19.8. The van der Waals surface area contributed by atoms with Crippen LogP contribution in [0, 0.1) is 0 Å². The molecule has 3 nitrogen and oxygen atoms in total. The molecular weight excluding hydrogens is 440 g/mol. The lowest BCUT2D eigenvalue weighted by molar-refractivity contribution is 0.415. The molecule has 2 heterocycles. The van der Waals surface area contributed by atoms with Gasteiger partial charge in [0.15, 0.2) is 0 Å². The first-order valence-electron chi connectivity index (χ1n) is 12.0. The zero-order chi connectivity index (χ0) is 24.1. The van der Waals surface area contributed by atoms with Gasteiger partial charge in [-0.15, -0.1) is 0 Å². The van der Waals surface area contributed by atoms with E-state index in [9.17, 15) is 0 Å². The van der Waals surface area contributed by atoms with Crippen LogP contribution in [0.2, 0.25) is 0 Å². The number of methoxy groups -OCH3 is 1.